The first kappa shape index (κ1) is 15.8. The Morgan fingerprint density at radius 1 is 1.05 bits per heavy atom. The van der Waals surface area contributed by atoms with Gasteiger partial charge in [-0.3, -0.25) is 19.0 Å². The molecule has 0 spiro atoms. The Balaban J connectivity index is 1.80. The first-order valence-electron chi connectivity index (χ1n) is 7.15. The van der Waals surface area contributed by atoms with Crippen molar-refractivity contribution in [1.82, 2.24) is 9.88 Å². The van der Waals surface area contributed by atoms with Gasteiger partial charge in [0.1, 0.15) is 0 Å². The van der Waals surface area contributed by atoms with Crippen LogP contribution in [0.25, 0.3) is 10.9 Å². The van der Waals surface area contributed by atoms with Crippen LogP contribution in [-0.4, -0.2) is 34.0 Å². The van der Waals surface area contributed by atoms with E-state index >= 15 is 0 Å². The number of nitrogens with zero attached hydrogens (tertiary/aromatic N) is 1. The first-order valence-corrected chi connectivity index (χ1v) is 7.15. The minimum Gasteiger partial charge on any atom is -0.481 e. The number of fused-ring (bicyclic) bond motifs is 1. The van der Waals surface area contributed by atoms with Crippen LogP contribution in [0.2, 0.25) is 0 Å². The summed E-state index contributed by atoms with van der Waals surface area (Å²) in [5, 5.41) is 12.1. The van der Waals surface area contributed by atoms with E-state index in [9.17, 15) is 14.4 Å². The highest BCUT2D eigenvalue weighted by atomic mass is 16.4. The van der Waals surface area contributed by atoms with E-state index in [1.807, 2.05) is 30.3 Å². The van der Waals surface area contributed by atoms with Crippen LogP contribution in [0.5, 0.6) is 0 Å². The van der Waals surface area contributed by atoms with Gasteiger partial charge >= 0.3 is 5.97 Å². The summed E-state index contributed by atoms with van der Waals surface area (Å²) in [7, 11) is 0. The van der Waals surface area contributed by atoms with Crippen molar-refractivity contribution in [1.29, 1.82) is 0 Å². The summed E-state index contributed by atoms with van der Waals surface area (Å²) in [6.07, 6.45) is 2.32. The standard InChI is InChI=1S/C16H18N2O4/c19-14(17-10-3-6-16(21)22)7-8-15(20)18-11-9-12-4-1-2-5-13(12)18/h1-2,4-5,9,11H,3,6-8,10H2,(H,17,19)(H,21,22). The molecule has 0 saturated carbocycles. The number of nitrogens with one attached hydrogen (secondary N) is 1. The highest BCUT2D eigenvalue weighted by Gasteiger charge is 2.11. The number of amides is 1. The van der Waals surface area contributed by atoms with Gasteiger partial charge in [0.25, 0.3) is 0 Å². The van der Waals surface area contributed by atoms with Gasteiger partial charge in [0.2, 0.25) is 11.8 Å². The molecule has 0 aliphatic carbocycles. The van der Waals surface area contributed by atoms with E-state index in [1.54, 1.807) is 10.8 Å². The van der Waals surface area contributed by atoms with Crippen LogP contribution in [0.4, 0.5) is 0 Å². The van der Waals surface area contributed by atoms with Crippen molar-refractivity contribution in [3.8, 4) is 0 Å². The molecule has 1 aromatic carbocycles. The molecule has 0 aliphatic heterocycles. The molecule has 6 heteroatoms. The van der Waals surface area contributed by atoms with Crippen molar-refractivity contribution in [3.05, 3.63) is 36.5 Å². The molecule has 1 aromatic heterocycles. The van der Waals surface area contributed by atoms with Crippen LogP contribution in [-0.2, 0) is 9.59 Å². The monoisotopic (exact) mass is 302 g/mol. The number of carbonyl (C=O) groups is 3. The van der Waals surface area contributed by atoms with E-state index in [0.717, 1.165) is 10.9 Å². The van der Waals surface area contributed by atoms with Gasteiger partial charge in [0.15, 0.2) is 0 Å². The van der Waals surface area contributed by atoms with Crippen LogP contribution < -0.4 is 5.32 Å². The lowest BCUT2D eigenvalue weighted by Gasteiger charge is -2.05. The number of hydrogen-bond acceptors (Lipinski definition) is 3. The quantitative estimate of drug-likeness (QED) is 0.766. The van der Waals surface area contributed by atoms with Crippen molar-refractivity contribution in [2.24, 2.45) is 0 Å². The maximum absolute atomic E-state index is 12.1. The van der Waals surface area contributed by atoms with E-state index in [1.165, 1.54) is 0 Å². The molecule has 2 aromatic rings. The van der Waals surface area contributed by atoms with Crippen molar-refractivity contribution in [3.63, 3.8) is 0 Å². The van der Waals surface area contributed by atoms with Gasteiger partial charge in [-0.2, -0.15) is 0 Å². The fourth-order valence-electron chi connectivity index (χ4n) is 2.20. The third-order valence-corrected chi connectivity index (χ3v) is 3.32. The molecule has 1 amide bonds. The van der Waals surface area contributed by atoms with Crippen molar-refractivity contribution in [2.45, 2.75) is 25.7 Å². The highest BCUT2D eigenvalue weighted by molar-refractivity contribution is 5.93. The summed E-state index contributed by atoms with van der Waals surface area (Å²) in [5.74, 6) is -1.26. The Kier molecular flexibility index (Phi) is 5.30. The third kappa shape index (κ3) is 4.18. The molecule has 0 aliphatic rings. The van der Waals surface area contributed by atoms with Crippen LogP contribution in [0.15, 0.2) is 36.5 Å². The minimum atomic E-state index is -0.885. The molecule has 116 valence electrons. The Labute approximate surface area is 127 Å². The number of carbonyl (C=O) groups excluding carboxylic acids is 2. The van der Waals surface area contributed by atoms with Gasteiger partial charge in [-0.1, -0.05) is 18.2 Å². The predicted octanol–water partition coefficient (Wildman–Crippen LogP) is 2.04. The molecular weight excluding hydrogens is 284 g/mol. The summed E-state index contributed by atoms with van der Waals surface area (Å²) >= 11 is 0. The van der Waals surface area contributed by atoms with Gasteiger partial charge in [-0.15, -0.1) is 0 Å². The normalized spacial score (nSPS) is 10.5. The molecule has 0 unspecified atom stereocenters. The Morgan fingerprint density at radius 2 is 1.82 bits per heavy atom. The summed E-state index contributed by atoms with van der Waals surface area (Å²) in [6.45, 7) is 0.311. The zero-order chi connectivity index (χ0) is 15.9. The molecule has 0 bridgehead atoms. The van der Waals surface area contributed by atoms with Crippen LogP contribution in [0.3, 0.4) is 0 Å². The summed E-state index contributed by atoms with van der Waals surface area (Å²) in [4.78, 5) is 34.1. The molecule has 22 heavy (non-hydrogen) atoms. The average molecular weight is 302 g/mol. The van der Waals surface area contributed by atoms with E-state index in [0.29, 0.717) is 13.0 Å². The minimum absolute atomic E-state index is 0.0224. The Morgan fingerprint density at radius 3 is 2.59 bits per heavy atom. The lowest BCUT2D eigenvalue weighted by Crippen LogP contribution is -2.25. The van der Waals surface area contributed by atoms with Crippen LogP contribution in [0, 0.1) is 0 Å². The second kappa shape index (κ2) is 7.40. The van der Waals surface area contributed by atoms with Gasteiger partial charge in [-0.25, -0.2) is 0 Å². The zero-order valence-corrected chi connectivity index (χ0v) is 12.1. The Hall–Kier alpha value is -2.63. The lowest BCUT2D eigenvalue weighted by molar-refractivity contribution is -0.137. The van der Waals surface area contributed by atoms with Crippen LogP contribution >= 0.6 is 0 Å². The molecule has 0 saturated heterocycles. The van der Waals surface area contributed by atoms with Gasteiger partial charge in [0.05, 0.1) is 5.52 Å². The molecule has 2 N–H and O–H groups in total. The predicted molar refractivity (Wildman–Crippen MR) is 81.7 cm³/mol. The van der Waals surface area contributed by atoms with Crippen molar-refractivity contribution in [2.75, 3.05) is 6.54 Å². The summed E-state index contributed by atoms with van der Waals surface area (Å²) in [6, 6.07) is 9.41. The molecule has 0 fully saturated rings. The van der Waals surface area contributed by atoms with Crippen LogP contribution in [0.1, 0.15) is 30.5 Å². The summed E-state index contributed by atoms with van der Waals surface area (Å²) < 4.78 is 1.55. The largest absolute Gasteiger partial charge is 0.481 e. The number of aliphatic carboxylic acids is 1. The van der Waals surface area contributed by atoms with E-state index in [4.69, 9.17) is 5.11 Å². The molecule has 0 atom stereocenters. The summed E-state index contributed by atoms with van der Waals surface area (Å²) in [5.41, 5.74) is 0.828. The number of carboxylic acid groups (broad SMARTS) is 1. The average Bonchev–Trinajstić information content (AvgIpc) is 2.93. The smallest absolute Gasteiger partial charge is 0.303 e. The molecular formula is C16H18N2O4. The highest BCUT2D eigenvalue weighted by Crippen LogP contribution is 2.15. The number of rotatable bonds is 7. The lowest BCUT2D eigenvalue weighted by atomic mass is 10.2. The molecule has 1 heterocycles. The van der Waals surface area contributed by atoms with Crippen molar-refractivity contribution >= 4 is 28.7 Å². The fourth-order valence-corrected chi connectivity index (χ4v) is 2.20. The second-order valence-corrected chi connectivity index (χ2v) is 4.99. The second-order valence-electron chi connectivity index (χ2n) is 4.99. The SMILES string of the molecule is O=C(O)CCCNC(=O)CCC(=O)n1ccc2ccccc21. The zero-order valence-electron chi connectivity index (χ0n) is 12.1. The van der Waals surface area contributed by atoms with E-state index in [-0.39, 0.29) is 31.1 Å². The number of hydrogen-bond donors (Lipinski definition) is 2. The molecule has 2 rings (SSSR count). The number of para-hydroxylation sites is 1. The van der Waals surface area contributed by atoms with Gasteiger partial charge in [-0.05, 0) is 18.6 Å². The Bertz CT molecular complexity index is 690. The molecule has 6 nitrogen and oxygen atoms in total. The maximum atomic E-state index is 12.1. The third-order valence-electron chi connectivity index (χ3n) is 3.32. The van der Waals surface area contributed by atoms with E-state index in [2.05, 4.69) is 5.32 Å². The number of benzene rings is 1. The van der Waals surface area contributed by atoms with Crippen molar-refractivity contribution < 1.29 is 19.5 Å². The van der Waals surface area contributed by atoms with E-state index < -0.39 is 5.97 Å². The van der Waals surface area contributed by atoms with Gasteiger partial charge in [0, 0.05) is 37.4 Å². The number of aromatic nitrogens is 1. The fraction of sp³-hybridized carbons (Fsp3) is 0.312. The first-order chi connectivity index (χ1) is 10.6. The maximum Gasteiger partial charge on any atom is 0.303 e. The van der Waals surface area contributed by atoms with Gasteiger partial charge < -0.3 is 10.4 Å². The molecule has 0 radical (unpaired) electrons. The number of carboxylic acids is 1. The topological polar surface area (TPSA) is 88.4 Å².